The molecule has 0 spiro atoms. The third-order valence-corrected chi connectivity index (χ3v) is 2.80. The highest BCUT2D eigenvalue weighted by atomic mass is 16.1. The van der Waals surface area contributed by atoms with Crippen molar-refractivity contribution in [1.29, 1.82) is 0 Å². The Kier molecular flexibility index (Phi) is 4.66. The maximum absolute atomic E-state index is 11.2. The Labute approximate surface area is 86.0 Å². The second-order valence-corrected chi connectivity index (χ2v) is 3.85. The summed E-state index contributed by atoms with van der Waals surface area (Å²) in [6.07, 6.45) is 7.87. The third kappa shape index (κ3) is 3.50. The maximum Gasteiger partial charge on any atom is 0.243 e. The topological polar surface area (TPSA) is 41.1 Å². The molecule has 1 saturated carbocycles. The molecule has 1 aliphatic carbocycles. The summed E-state index contributed by atoms with van der Waals surface area (Å²) < 4.78 is 0. The molecule has 0 saturated heterocycles. The fourth-order valence-electron chi connectivity index (χ4n) is 1.93. The van der Waals surface area contributed by atoms with Crippen molar-refractivity contribution in [2.75, 3.05) is 7.05 Å². The van der Waals surface area contributed by atoms with E-state index < -0.39 is 0 Å². The molecule has 0 aromatic carbocycles. The average Bonchev–Trinajstić information content (AvgIpc) is 2.19. The zero-order valence-electron chi connectivity index (χ0n) is 9.05. The highest BCUT2D eigenvalue weighted by molar-refractivity contribution is 5.87. The van der Waals surface area contributed by atoms with Gasteiger partial charge in [-0.3, -0.25) is 4.79 Å². The van der Waals surface area contributed by atoms with Crippen LogP contribution in [0.1, 0.15) is 32.6 Å². The lowest BCUT2D eigenvalue weighted by molar-refractivity contribution is -0.117. The first kappa shape index (κ1) is 11.2. The molecule has 0 radical (unpaired) electrons. The highest BCUT2D eigenvalue weighted by Crippen LogP contribution is 2.18. The van der Waals surface area contributed by atoms with Gasteiger partial charge < -0.3 is 10.6 Å². The van der Waals surface area contributed by atoms with Gasteiger partial charge in [0.05, 0.1) is 0 Å². The minimum absolute atomic E-state index is 0.0420. The molecule has 2 N–H and O–H groups in total. The fourth-order valence-corrected chi connectivity index (χ4v) is 1.93. The van der Waals surface area contributed by atoms with Gasteiger partial charge in [0, 0.05) is 12.1 Å². The van der Waals surface area contributed by atoms with Gasteiger partial charge in [-0.1, -0.05) is 6.08 Å². The van der Waals surface area contributed by atoms with Crippen LogP contribution in [0.3, 0.4) is 0 Å². The monoisotopic (exact) mass is 196 g/mol. The van der Waals surface area contributed by atoms with Crippen molar-refractivity contribution < 1.29 is 4.79 Å². The Morgan fingerprint density at radius 3 is 2.29 bits per heavy atom. The number of nitrogens with one attached hydrogen (secondary N) is 2. The molecule has 0 bridgehead atoms. The van der Waals surface area contributed by atoms with Gasteiger partial charge in [0.15, 0.2) is 0 Å². The summed E-state index contributed by atoms with van der Waals surface area (Å²) in [7, 11) is 2.00. The van der Waals surface area contributed by atoms with Crippen molar-refractivity contribution in [2.24, 2.45) is 0 Å². The molecule has 1 aliphatic rings. The Balaban J connectivity index is 2.25. The van der Waals surface area contributed by atoms with Crippen LogP contribution in [0.25, 0.3) is 0 Å². The Hall–Kier alpha value is -0.830. The molecular weight excluding hydrogens is 176 g/mol. The first-order valence-electron chi connectivity index (χ1n) is 5.36. The number of amides is 1. The van der Waals surface area contributed by atoms with Crippen molar-refractivity contribution in [3.8, 4) is 0 Å². The smallest absolute Gasteiger partial charge is 0.243 e. The standard InChI is InChI=1S/C11H20N2O/c1-3-4-11(14)13-10-7-5-9(12-2)6-8-10/h3-4,9-10,12H,5-8H2,1-2H3,(H,13,14). The molecule has 0 heterocycles. The van der Waals surface area contributed by atoms with Crippen LogP contribution in [-0.2, 0) is 4.79 Å². The average molecular weight is 196 g/mol. The van der Waals surface area contributed by atoms with E-state index in [9.17, 15) is 4.79 Å². The molecule has 14 heavy (non-hydrogen) atoms. The van der Waals surface area contributed by atoms with Crippen LogP contribution < -0.4 is 10.6 Å². The highest BCUT2D eigenvalue weighted by Gasteiger charge is 2.20. The third-order valence-electron chi connectivity index (χ3n) is 2.80. The largest absolute Gasteiger partial charge is 0.350 e. The summed E-state index contributed by atoms with van der Waals surface area (Å²) in [5.74, 6) is 0.0420. The number of hydrogen-bond acceptors (Lipinski definition) is 2. The van der Waals surface area contributed by atoms with E-state index in [1.807, 2.05) is 14.0 Å². The molecule has 3 nitrogen and oxygen atoms in total. The normalized spacial score (nSPS) is 27.9. The zero-order valence-corrected chi connectivity index (χ0v) is 9.05. The van der Waals surface area contributed by atoms with Crippen molar-refractivity contribution in [3.05, 3.63) is 12.2 Å². The predicted octanol–water partition coefficient (Wildman–Crippen LogP) is 1.21. The van der Waals surface area contributed by atoms with Crippen molar-refractivity contribution in [3.63, 3.8) is 0 Å². The van der Waals surface area contributed by atoms with E-state index in [4.69, 9.17) is 0 Å². The molecule has 0 unspecified atom stereocenters. The minimum atomic E-state index is 0.0420. The Morgan fingerprint density at radius 2 is 1.79 bits per heavy atom. The van der Waals surface area contributed by atoms with Crippen LogP contribution >= 0.6 is 0 Å². The summed E-state index contributed by atoms with van der Waals surface area (Å²) in [4.78, 5) is 11.2. The molecule has 3 heteroatoms. The van der Waals surface area contributed by atoms with Gasteiger partial charge in [0.1, 0.15) is 0 Å². The quantitative estimate of drug-likeness (QED) is 0.666. The van der Waals surface area contributed by atoms with Crippen LogP contribution in [0.5, 0.6) is 0 Å². The number of allylic oxidation sites excluding steroid dienone is 1. The van der Waals surface area contributed by atoms with E-state index in [1.165, 1.54) is 0 Å². The number of rotatable bonds is 3. The fraction of sp³-hybridized carbons (Fsp3) is 0.727. The lowest BCUT2D eigenvalue weighted by atomic mass is 9.91. The van der Waals surface area contributed by atoms with E-state index in [1.54, 1.807) is 12.2 Å². The molecule has 80 valence electrons. The number of hydrogen-bond donors (Lipinski definition) is 2. The SMILES string of the molecule is CC=CC(=O)NC1CCC(NC)CC1. The lowest BCUT2D eigenvalue weighted by Gasteiger charge is -2.28. The second-order valence-electron chi connectivity index (χ2n) is 3.85. The van der Waals surface area contributed by atoms with Crippen molar-refractivity contribution >= 4 is 5.91 Å². The van der Waals surface area contributed by atoms with Gasteiger partial charge in [-0.2, -0.15) is 0 Å². The Morgan fingerprint density at radius 1 is 1.21 bits per heavy atom. The van der Waals surface area contributed by atoms with Crippen LogP contribution in [0.15, 0.2) is 12.2 Å². The van der Waals surface area contributed by atoms with Gasteiger partial charge in [0.25, 0.3) is 0 Å². The molecule has 0 aromatic rings. The van der Waals surface area contributed by atoms with Crippen LogP contribution in [0.2, 0.25) is 0 Å². The Bertz CT molecular complexity index is 205. The van der Waals surface area contributed by atoms with E-state index in [2.05, 4.69) is 10.6 Å². The summed E-state index contributed by atoms with van der Waals surface area (Å²) in [5, 5.41) is 6.29. The predicted molar refractivity (Wildman–Crippen MR) is 58.1 cm³/mol. The van der Waals surface area contributed by atoms with Crippen LogP contribution in [0.4, 0.5) is 0 Å². The van der Waals surface area contributed by atoms with Crippen LogP contribution in [-0.4, -0.2) is 25.0 Å². The van der Waals surface area contributed by atoms with Crippen molar-refractivity contribution in [2.45, 2.75) is 44.7 Å². The van der Waals surface area contributed by atoms with Crippen LogP contribution in [0, 0.1) is 0 Å². The van der Waals surface area contributed by atoms with Gasteiger partial charge >= 0.3 is 0 Å². The maximum atomic E-state index is 11.2. The second kappa shape index (κ2) is 5.81. The van der Waals surface area contributed by atoms with Gasteiger partial charge in [-0.25, -0.2) is 0 Å². The molecule has 0 aliphatic heterocycles. The molecule has 0 atom stereocenters. The summed E-state index contributed by atoms with van der Waals surface area (Å²) in [6, 6.07) is 1.02. The van der Waals surface area contributed by atoms with E-state index in [0.29, 0.717) is 12.1 Å². The van der Waals surface area contributed by atoms with E-state index in [0.717, 1.165) is 25.7 Å². The van der Waals surface area contributed by atoms with Gasteiger partial charge in [-0.15, -0.1) is 0 Å². The summed E-state index contributed by atoms with van der Waals surface area (Å²) in [5.41, 5.74) is 0. The summed E-state index contributed by atoms with van der Waals surface area (Å²) >= 11 is 0. The first-order valence-corrected chi connectivity index (χ1v) is 5.36. The molecule has 1 amide bonds. The zero-order chi connectivity index (χ0) is 10.4. The van der Waals surface area contributed by atoms with E-state index >= 15 is 0 Å². The minimum Gasteiger partial charge on any atom is -0.350 e. The molecule has 1 rings (SSSR count). The van der Waals surface area contributed by atoms with E-state index in [-0.39, 0.29) is 5.91 Å². The number of carbonyl (C=O) groups excluding carboxylic acids is 1. The van der Waals surface area contributed by atoms with Crippen molar-refractivity contribution in [1.82, 2.24) is 10.6 Å². The molecular formula is C11H20N2O. The lowest BCUT2D eigenvalue weighted by Crippen LogP contribution is -2.40. The molecule has 1 fully saturated rings. The van der Waals surface area contributed by atoms with Gasteiger partial charge in [-0.05, 0) is 45.7 Å². The summed E-state index contributed by atoms with van der Waals surface area (Å²) in [6.45, 7) is 1.86. The molecule has 0 aromatic heterocycles. The first-order chi connectivity index (χ1) is 6.76. The number of carbonyl (C=O) groups is 1. The van der Waals surface area contributed by atoms with Gasteiger partial charge in [0.2, 0.25) is 5.91 Å².